The normalized spacial score (nSPS) is 20.2. The number of aromatic hydroxyl groups is 1. The number of phenolic OH excluding ortho intramolecular Hbond substituents is 1. The SMILES string of the molecule is CC1Cc2cc(O)ccc2[C@H](c2c(F)cc(NC3CN(CCCF)C3)cc2F)N1c1ccc(Cl)cc1. The molecule has 1 unspecified atom stereocenters. The van der Waals surface area contributed by atoms with Crippen LogP contribution in [0.5, 0.6) is 5.75 Å². The molecular weight excluding hydrogens is 487 g/mol. The topological polar surface area (TPSA) is 38.7 Å². The van der Waals surface area contributed by atoms with Gasteiger partial charge >= 0.3 is 0 Å². The van der Waals surface area contributed by atoms with E-state index in [9.17, 15) is 9.50 Å². The number of nitrogens with zero attached hydrogens (tertiary/aromatic N) is 2. The highest BCUT2D eigenvalue weighted by Gasteiger charge is 2.37. The highest BCUT2D eigenvalue weighted by molar-refractivity contribution is 6.30. The summed E-state index contributed by atoms with van der Waals surface area (Å²) in [5.74, 6) is -1.15. The van der Waals surface area contributed by atoms with Crippen molar-refractivity contribution in [2.75, 3.05) is 36.5 Å². The number of fused-ring (bicyclic) bond motifs is 1. The van der Waals surface area contributed by atoms with Crippen LogP contribution in [0.25, 0.3) is 0 Å². The van der Waals surface area contributed by atoms with E-state index in [0.717, 1.165) is 16.8 Å². The zero-order valence-electron chi connectivity index (χ0n) is 20.0. The Bertz CT molecular complexity index is 1210. The van der Waals surface area contributed by atoms with Crippen LogP contribution in [-0.2, 0) is 6.42 Å². The highest BCUT2D eigenvalue weighted by Crippen LogP contribution is 2.44. The van der Waals surface area contributed by atoms with Gasteiger partial charge in [0.15, 0.2) is 0 Å². The van der Waals surface area contributed by atoms with E-state index in [4.69, 9.17) is 11.6 Å². The molecule has 0 aliphatic carbocycles. The van der Waals surface area contributed by atoms with Crippen molar-refractivity contribution in [2.24, 2.45) is 0 Å². The highest BCUT2D eigenvalue weighted by atomic mass is 35.5. The van der Waals surface area contributed by atoms with Crippen molar-refractivity contribution in [3.8, 4) is 5.75 Å². The molecule has 8 heteroatoms. The average molecular weight is 516 g/mol. The third-order valence-corrected chi connectivity index (χ3v) is 7.35. The number of nitrogens with one attached hydrogen (secondary N) is 1. The standard InChI is InChI=1S/C28H29ClF3N3O/c1-17-11-18-12-23(36)7-8-24(18)28(35(17)22-5-3-19(29)4-6-22)27-25(31)13-20(14-26(27)32)33-21-15-34(16-21)10-2-9-30/h3-8,12-14,17,21,28,33,36H,2,9-11,15-16H2,1H3/t17?,28-/m1/s1. The Kier molecular flexibility index (Phi) is 7.04. The molecule has 3 aromatic rings. The molecule has 2 aliphatic heterocycles. The van der Waals surface area contributed by atoms with Gasteiger partial charge in [-0.1, -0.05) is 17.7 Å². The number of rotatable bonds is 7. The number of hydrogen-bond acceptors (Lipinski definition) is 4. The quantitative estimate of drug-likeness (QED) is 0.386. The summed E-state index contributed by atoms with van der Waals surface area (Å²) in [5, 5.41) is 13.8. The molecular formula is C28H29ClF3N3O. The van der Waals surface area contributed by atoms with Gasteiger partial charge in [0.05, 0.1) is 24.3 Å². The van der Waals surface area contributed by atoms with E-state index in [1.54, 1.807) is 30.3 Å². The molecule has 0 bridgehead atoms. The van der Waals surface area contributed by atoms with Crippen LogP contribution in [0.2, 0.25) is 5.02 Å². The molecule has 1 fully saturated rings. The summed E-state index contributed by atoms with van der Waals surface area (Å²) in [6.45, 7) is 3.78. The number of phenols is 1. The second-order valence-electron chi connectivity index (χ2n) is 9.72. The fourth-order valence-corrected chi connectivity index (χ4v) is 5.59. The molecule has 0 aromatic heterocycles. The number of anilines is 2. The maximum atomic E-state index is 15.7. The van der Waals surface area contributed by atoms with Crippen molar-refractivity contribution in [1.82, 2.24) is 4.90 Å². The van der Waals surface area contributed by atoms with Crippen molar-refractivity contribution in [1.29, 1.82) is 0 Å². The second kappa shape index (κ2) is 10.2. The van der Waals surface area contributed by atoms with E-state index in [-0.39, 0.29) is 30.1 Å². The van der Waals surface area contributed by atoms with E-state index >= 15 is 8.78 Å². The molecule has 2 N–H and O–H groups in total. The van der Waals surface area contributed by atoms with Crippen LogP contribution in [0.15, 0.2) is 54.6 Å². The van der Waals surface area contributed by atoms with Crippen LogP contribution in [0.4, 0.5) is 24.5 Å². The molecule has 36 heavy (non-hydrogen) atoms. The Labute approximate surface area is 214 Å². The summed E-state index contributed by atoms with van der Waals surface area (Å²) in [6.07, 6.45) is 1.11. The molecule has 3 aromatic carbocycles. The van der Waals surface area contributed by atoms with Crippen molar-refractivity contribution < 1.29 is 18.3 Å². The summed E-state index contributed by atoms with van der Waals surface area (Å²) in [4.78, 5) is 4.12. The lowest BCUT2D eigenvalue weighted by atomic mass is 9.84. The average Bonchev–Trinajstić information content (AvgIpc) is 2.80. The zero-order valence-corrected chi connectivity index (χ0v) is 20.8. The van der Waals surface area contributed by atoms with Crippen molar-refractivity contribution in [2.45, 2.75) is 37.9 Å². The van der Waals surface area contributed by atoms with Gasteiger partial charge in [-0.15, -0.1) is 0 Å². The third kappa shape index (κ3) is 4.87. The molecule has 4 nitrogen and oxygen atoms in total. The zero-order chi connectivity index (χ0) is 25.4. The lowest BCUT2D eigenvalue weighted by molar-refractivity contribution is 0.155. The minimum Gasteiger partial charge on any atom is -0.508 e. The van der Waals surface area contributed by atoms with Gasteiger partial charge in [0, 0.05) is 42.1 Å². The summed E-state index contributed by atoms with van der Waals surface area (Å²) in [6, 6.07) is 14.2. The van der Waals surface area contributed by atoms with E-state index < -0.39 is 17.7 Å². The van der Waals surface area contributed by atoms with Gasteiger partial charge in [-0.05, 0) is 79.4 Å². The summed E-state index contributed by atoms with van der Waals surface area (Å²) < 4.78 is 43.9. The largest absolute Gasteiger partial charge is 0.508 e. The maximum absolute atomic E-state index is 15.7. The molecule has 2 heterocycles. The van der Waals surface area contributed by atoms with Gasteiger partial charge in [0.2, 0.25) is 0 Å². The molecule has 5 rings (SSSR count). The van der Waals surface area contributed by atoms with E-state index in [1.165, 1.54) is 12.1 Å². The molecule has 190 valence electrons. The Morgan fingerprint density at radius 1 is 1.03 bits per heavy atom. The van der Waals surface area contributed by atoms with Crippen molar-refractivity contribution in [3.63, 3.8) is 0 Å². The first-order chi connectivity index (χ1) is 17.3. The van der Waals surface area contributed by atoms with Crippen molar-refractivity contribution in [3.05, 3.63) is 87.9 Å². The number of hydrogen-bond donors (Lipinski definition) is 2. The minimum absolute atomic E-state index is 0.0350. The van der Waals surface area contributed by atoms with Crippen LogP contribution >= 0.6 is 11.6 Å². The third-order valence-electron chi connectivity index (χ3n) is 7.10. The van der Waals surface area contributed by atoms with Gasteiger partial charge in [-0.25, -0.2) is 8.78 Å². The van der Waals surface area contributed by atoms with E-state index in [0.29, 0.717) is 43.2 Å². The fourth-order valence-electron chi connectivity index (χ4n) is 5.46. The summed E-state index contributed by atoms with van der Waals surface area (Å²) in [7, 11) is 0. The molecule has 0 amide bonds. The molecule has 0 radical (unpaired) electrons. The van der Waals surface area contributed by atoms with E-state index in [2.05, 4.69) is 10.2 Å². The molecule has 1 saturated heterocycles. The van der Waals surface area contributed by atoms with Gasteiger partial charge in [0.25, 0.3) is 0 Å². The number of likely N-dealkylation sites (tertiary alicyclic amines) is 1. The van der Waals surface area contributed by atoms with E-state index in [1.807, 2.05) is 24.0 Å². The van der Waals surface area contributed by atoms with Gasteiger partial charge < -0.3 is 15.3 Å². The second-order valence-corrected chi connectivity index (χ2v) is 10.2. The van der Waals surface area contributed by atoms with Gasteiger partial charge in [-0.2, -0.15) is 0 Å². The lowest BCUT2D eigenvalue weighted by Crippen LogP contribution is -2.54. The molecule has 2 aliphatic rings. The summed E-state index contributed by atoms with van der Waals surface area (Å²) >= 11 is 6.11. The lowest BCUT2D eigenvalue weighted by Gasteiger charge is -2.44. The summed E-state index contributed by atoms with van der Waals surface area (Å²) in [5.41, 5.74) is 2.77. The Morgan fingerprint density at radius 2 is 1.72 bits per heavy atom. The smallest absolute Gasteiger partial charge is 0.133 e. The Morgan fingerprint density at radius 3 is 2.39 bits per heavy atom. The first kappa shape index (κ1) is 24.8. The van der Waals surface area contributed by atoms with Crippen LogP contribution in [-0.4, -0.2) is 48.4 Å². The molecule has 2 atom stereocenters. The number of halogens is 4. The minimum atomic E-state index is -0.723. The first-order valence-corrected chi connectivity index (χ1v) is 12.6. The first-order valence-electron chi connectivity index (χ1n) is 12.2. The van der Waals surface area contributed by atoms with Crippen LogP contribution < -0.4 is 10.2 Å². The van der Waals surface area contributed by atoms with Crippen LogP contribution in [0, 0.1) is 11.6 Å². The van der Waals surface area contributed by atoms with Gasteiger partial charge in [-0.3, -0.25) is 9.29 Å². The fraction of sp³-hybridized carbons (Fsp3) is 0.357. The maximum Gasteiger partial charge on any atom is 0.133 e. The van der Waals surface area contributed by atoms with Crippen LogP contribution in [0.1, 0.15) is 36.1 Å². The molecule has 0 spiro atoms. The number of alkyl halides is 1. The monoisotopic (exact) mass is 515 g/mol. The molecule has 0 saturated carbocycles. The Hall–Kier alpha value is -2.90. The number of benzene rings is 3. The van der Waals surface area contributed by atoms with Crippen LogP contribution in [0.3, 0.4) is 0 Å². The predicted octanol–water partition coefficient (Wildman–Crippen LogP) is 6.32. The predicted molar refractivity (Wildman–Crippen MR) is 138 cm³/mol. The Balaban J connectivity index is 1.49. The van der Waals surface area contributed by atoms with Gasteiger partial charge in [0.1, 0.15) is 17.4 Å². The van der Waals surface area contributed by atoms with Crippen molar-refractivity contribution >= 4 is 23.0 Å².